The number of carbonyl (C=O) groups is 1. The summed E-state index contributed by atoms with van der Waals surface area (Å²) in [7, 11) is 0. The van der Waals surface area contributed by atoms with Gasteiger partial charge in [-0.25, -0.2) is 0 Å². The second kappa shape index (κ2) is 5.46. The van der Waals surface area contributed by atoms with Gasteiger partial charge in [0.25, 0.3) is 5.91 Å². The van der Waals surface area contributed by atoms with Gasteiger partial charge in [-0.2, -0.15) is 0 Å². The summed E-state index contributed by atoms with van der Waals surface area (Å²) in [6.07, 6.45) is 3.11. The molecule has 0 aliphatic heterocycles. The van der Waals surface area contributed by atoms with Crippen LogP contribution in [0.3, 0.4) is 0 Å². The molecule has 0 atom stereocenters. The Labute approximate surface area is 124 Å². The molecule has 1 aromatic heterocycles. The third kappa shape index (κ3) is 2.81. The van der Waals surface area contributed by atoms with Crippen molar-refractivity contribution in [3.8, 4) is 0 Å². The molecule has 0 spiro atoms. The number of hydrogen-bond donors (Lipinski definition) is 2. The van der Waals surface area contributed by atoms with Crippen molar-refractivity contribution in [2.75, 3.05) is 6.54 Å². The number of hydrogen-bond acceptors (Lipinski definition) is 3. The third-order valence-electron chi connectivity index (χ3n) is 3.85. The molecule has 4 nitrogen and oxygen atoms in total. The van der Waals surface area contributed by atoms with E-state index in [0.717, 1.165) is 35.8 Å². The van der Waals surface area contributed by atoms with Gasteiger partial charge in [-0.05, 0) is 44.4 Å². The number of fused-ring (bicyclic) bond motifs is 1. The zero-order chi connectivity index (χ0) is 13.5. The predicted octanol–water partition coefficient (Wildman–Crippen LogP) is 2.77. The van der Waals surface area contributed by atoms with Crippen molar-refractivity contribution in [2.24, 2.45) is 5.73 Å². The highest BCUT2D eigenvalue weighted by molar-refractivity contribution is 5.96. The van der Waals surface area contributed by atoms with E-state index in [-0.39, 0.29) is 23.9 Å². The molecule has 3 N–H and O–H groups in total. The summed E-state index contributed by atoms with van der Waals surface area (Å²) < 4.78 is 5.55. The first-order chi connectivity index (χ1) is 9.06. The summed E-state index contributed by atoms with van der Waals surface area (Å²) in [5, 5.41) is 3.81. The zero-order valence-electron chi connectivity index (χ0n) is 11.4. The monoisotopic (exact) mass is 294 g/mol. The van der Waals surface area contributed by atoms with E-state index in [1.165, 1.54) is 0 Å². The first-order valence-corrected chi connectivity index (χ1v) is 6.63. The molecule has 1 aliphatic rings. The van der Waals surface area contributed by atoms with Gasteiger partial charge in [0.1, 0.15) is 5.58 Å². The van der Waals surface area contributed by atoms with E-state index in [2.05, 4.69) is 5.32 Å². The first-order valence-electron chi connectivity index (χ1n) is 6.63. The van der Waals surface area contributed by atoms with Crippen molar-refractivity contribution < 1.29 is 9.21 Å². The molecular formula is C15H19ClN2O2. The van der Waals surface area contributed by atoms with Gasteiger partial charge in [-0.15, -0.1) is 12.4 Å². The molecule has 1 fully saturated rings. The molecular weight excluding hydrogens is 276 g/mol. The normalized spacial score (nSPS) is 16.3. The standard InChI is InChI=1S/C15H18N2O2.ClH/c1-10-3-4-12-11(7-10)8-13(19-12)14(18)17-9-15(16)5-2-6-15;/h3-4,7-8H,2,5-6,9,16H2,1H3,(H,17,18);1H. The maximum atomic E-state index is 12.0. The van der Waals surface area contributed by atoms with Crippen LogP contribution in [0.25, 0.3) is 11.0 Å². The Kier molecular flexibility index (Phi) is 4.06. The van der Waals surface area contributed by atoms with Gasteiger partial charge >= 0.3 is 0 Å². The lowest BCUT2D eigenvalue weighted by Crippen LogP contribution is -2.54. The van der Waals surface area contributed by atoms with Crippen LogP contribution in [0, 0.1) is 6.92 Å². The van der Waals surface area contributed by atoms with E-state index in [0.29, 0.717) is 12.3 Å². The van der Waals surface area contributed by atoms with Crippen molar-refractivity contribution >= 4 is 29.3 Å². The summed E-state index contributed by atoms with van der Waals surface area (Å²) in [5.41, 5.74) is 7.76. The molecule has 1 saturated carbocycles. The van der Waals surface area contributed by atoms with Crippen molar-refractivity contribution in [3.05, 3.63) is 35.6 Å². The minimum Gasteiger partial charge on any atom is -0.451 e. The second-order valence-electron chi connectivity index (χ2n) is 5.55. The van der Waals surface area contributed by atoms with Crippen LogP contribution in [-0.4, -0.2) is 18.0 Å². The smallest absolute Gasteiger partial charge is 0.287 e. The maximum absolute atomic E-state index is 12.0. The van der Waals surface area contributed by atoms with Crippen LogP contribution in [0.1, 0.15) is 35.4 Å². The molecule has 1 amide bonds. The molecule has 1 aliphatic carbocycles. The highest BCUT2D eigenvalue weighted by Gasteiger charge is 2.32. The van der Waals surface area contributed by atoms with Crippen LogP contribution >= 0.6 is 12.4 Å². The lowest BCUT2D eigenvalue weighted by molar-refractivity contribution is 0.0904. The molecule has 3 rings (SSSR count). The lowest BCUT2D eigenvalue weighted by Gasteiger charge is -2.37. The fourth-order valence-corrected chi connectivity index (χ4v) is 2.43. The summed E-state index contributed by atoms with van der Waals surface area (Å²) in [6, 6.07) is 7.64. The number of amides is 1. The van der Waals surface area contributed by atoms with Crippen LogP contribution < -0.4 is 11.1 Å². The number of aryl methyl sites for hydroxylation is 1. The molecule has 20 heavy (non-hydrogen) atoms. The van der Waals surface area contributed by atoms with E-state index in [1.54, 1.807) is 6.07 Å². The molecule has 1 heterocycles. The van der Waals surface area contributed by atoms with Gasteiger partial charge in [0.05, 0.1) is 0 Å². The summed E-state index contributed by atoms with van der Waals surface area (Å²) in [4.78, 5) is 12.0. The quantitative estimate of drug-likeness (QED) is 0.914. The van der Waals surface area contributed by atoms with E-state index in [4.69, 9.17) is 10.2 Å². The topological polar surface area (TPSA) is 68.3 Å². The highest BCUT2D eigenvalue weighted by atomic mass is 35.5. The van der Waals surface area contributed by atoms with Crippen LogP contribution in [0.2, 0.25) is 0 Å². The average Bonchev–Trinajstić information content (AvgIpc) is 2.76. The van der Waals surface area contributed by atoms with Crippen molar-refractivity contribution in [3.63, 3.8) is 0 Å². The Morgan fingerprint density at radius 3 is 2.80 bits per heavy atom. The molecule has 2 aromatic rings. The SMILES string of the molecule is Cc1ccc2oc(C(=O)NCC3(N)CCC3)cc2c1.Cl. The number of nitrogens with one attached hydrogen (secondary N) is 1. The Morgan fingerprint density at radius 1 is 1.40 bits per heavy atom. The first kappa shape index (κ1) is 14.9. The largest absolute Gasteiger partial charge is 0.451 e. The van der Waals surface area contributed by atoms with Crippen LogP contribution in [-0.2, 0) is 0 Å². The molecule has 0 radical (unpaired) electrons. The van der Waals surface area contributed by atoms with Crippen LogP contribution in [0.5, 0.6) is 0 Å². The van der Waals surface area contributed by atoms with E-state index < -0.39 is 0 Å². The Morgan fingerprint density at radius 2 is 2.15 bits per heavy atom. The minimum absolute atomic E-state index is 0. The van der Waals surface area contributed by atoms with Crippen LogP contribution in [0.15, 0.2) is 28.7 Å². The van der Waals surface area contributed by atoms with E-state index in [9.17, 15) is 4.79 Å². The molecule has 108 valence electrons. The van der Waals surface area contributed by atoms with Gasteiger partial charge in [-0.1, -0.05) is 11.6 Å². The number of carbonyl (C=O) groups excluding carboxylic acids is 1. The third-order valence-corrected chi connectivity index (χ3v) is 3.85. The van der Waals surface area contributed by atoms with E-state index >= 15 is 0 Å². The second-order valence-corrected chi connectivity index (χ2v) is 5.55. The summed E-state index contributed by atoms with van der Waals surface area (Å²) in [6.45, 7) is 2.53. The maximum Gasteiger partial charge on any atom is 0.287 e. The Bertz CT molecular complexity index is 632. The average molecular weight is 295 g/mol. The lowest BCUT2D eigenvalue weighted by atomic mass is 9.78. The van der Waals surface area contributed by atoms with Gasteiger partial charge < -0.3 is 15.5 Å². The van der Waals surface area contributed by atoms with Crippen LogP contribution in [0.4, 0.5) is 0 Å². The van der Waals surface area contributed by atoms with Gasteiger partial charge in [-0.3, -0.25) is 4.79 Å². The molecule has 5 heteroatoms. The van der Waals surface area contributed by atoms with Gasteiger partial charge in [0, 0.05) is 17.5 Å². The zero-order valence-corrected chi connectivity index (χ0v) is 12.3. The number of halogens is 1. The van der Waals surface area contributed by atoms with Gasteiger partial charge in [0.2, 0.25) is 0 Å². The van der Waals surface area contributed by atoms with Crippen molar-refractivity contribution in [2.45, 2.75) is 31.7 Å². The minimum atomic E-state index is -0.210. The van der Waals surface area contributed by atoms with E-state index in [1.807, 2.05) is 25.1 Å². The number of rotatable bonds is 3. The highest BCUT2D eigenvalue weighted by Crippen LogP contribution is 2.28. The van der Waals surface area contributed by atoms with Gasteiger partial charge in [0.15, 0.2) is 5.76 Å². The molecule has 1 aromatic carbocycles. The number of nitrogens with two attached hydrogens (primary N) is 1. The molecule has 0 bridgehead atoms. The fraction of sp³-hybridized carbons (Fsp3) is 0.400. The predicted molar refractivity (Wildman–Crippen MR) is 81.3 cm³/mol. The Hall–Kier alpha value is -1.52. The summed E-state index contributed by atoms with van der Waals surface area (Å²) in [5.74, 6) is 0.161. The Balaban J connectivity index is 0.00000147. The molecule has 0 unspecified atom stereocenters. The fourth-order valence-electron chi connectivity index (χ4n) is 2.43. The number of benzene rings is 1. The van der Waals surface area contributed by atoms with Crippen molar-refractivity contribution in [1.82, 2.24) is 5.32 Å². The summed E-state index contributed by atoms with van der Waals surface area (Å²) >= 11 is 0. The molecule has 0 saturated heterocycles. The number of furan rings is 1. The van der Waals surface area contributed by atoms with Crippen molar-refractivity contribution in [1.29, 1.82) is 0 Å².